The minimum absolute atomic E-state index is 0.0235. The molecule has 1 aromatic heterocycles. The van der Waals surface area contributed by atoms with Crippen LogP contribution in [-0.4, -0.2) is 28.3 Å². The van der Waals surface area contributed by atoms with Gasteiger partial charge in [-0.15, -0.1) is 0 Å². The maximum Gasteiger partial charge on any atom is 0.341 e. The van der Waals surface area contributed by atoms with Crippen LogP contribution in [0.2, 0.25) is 0 Å². The van der Waals surface area contributed by atoms with E-state index in [0.717, 1.165) is 51.6 Å². The molecular formula is C25H28F3NO3. The summed E-state index contributed by atoms with van der Waals surface area (Å²) < 4.78 is 48.4. The summed E-state index contributed by atoms with van der Waals surface area (Å²) in [6.45, 7) is 1.62. The van der Waals surface area contributed by atoms with Gasteiger partial charge in [-0.2, -0.15) is 4.39 Å². The summed E-state index contributed by atoms with van der Waals surface area (Å²) in [6.07, 6.45) is 5.75. The van der Waals surface area contributed by atoms with Gasteiger partial charge in [-0.25, -0.2) is 18.6 Å². The van der Waals surface area contributed by atoms with Crippen LogP contribution in [0.15, 0.2) is 36.5 Å². The van der Waals surface area contributed by atoms with Crippen LogP contribution in [0.5, 0.6) is 5.75 Å². The van der Waals surface area contributed by atoms with Gasteiger partial charge in [-0.1, -0.05) is 12.1 Å². The van der Waals surface area contributed by atoms with Gasteiger partial charge in [0.1, 0.15) is 11.6 Å². The molecule has 4 rings (SSSR count). The average molecular weight is 447 g/mol. The van der Waals surface area contributed by atoms with Crippen molar-refractivity contribution < 1.29 is 27.8 Å². The number of carbonyl (C=O) groups is 1. The molecule has 1 N–H and O–H groups in total. The number of rotatable bonds is 8. The van der Waals surface area contributed by atoms with Gasteiger partial charge in [-0.3, -0.25) is 0 Å². The van der Waals surface area contributed by atoms with Gasteiger partial charge in [0.15, 0.2) is 0 Å². The normalized spacial score (nSPS) is 23.9. The summed E-state index contributed by atoms with van der Waals surface area (Å²) >= 11 is 0. The van der Waals surface area contributed by atoms with E-state index in [1.54, 1.807) is 24.3 Å². The molecule has 0 bridgehead atoms. The van der Waals surface area contributed by atoms with Crippen molar-refractivity contribution in [3.05, 3.63) is 59.4 Å². The van der Waals surface area contributed by atoms with Crippen LogP contribution >= 0.6 is 0 Å². The Morgan fingerprint density at radius 2 is 1.91 bits per heavy atom. The van der Waals surface area contributed by atoms with E-state index in [1.165, 1.54) is 6.07 Å². The molecule has 2 atom stereocenters. The largest absolute Gasteiger partial charge is 0.493 e. The molecule has 1 unspecified atom stereocenters. The number of carboxylic acids is 1. The molecule has 0 saturated heterocycles. The number of halogens is 3. The molecule has 0 spiro atoms. The Kier molecular flexibility index (Phi) is 6.45. The van der Waals surface area contributed by atoms with Crippen molar-refractivity contribution in [2.75, 3.05) is 6.61 Å². The number of nitrogens with zero attached hydrogens (tertiary/aromatic N) is 1. The highest BCUT2D eigenvalue weighted by Crippen LogP contribution is 2.50. The van der Waals surface area contributed by atoms with E-state index in [0.29, 0.717) is 23.5 Å². The highest BCUT2D eigenvalue weighted by atomic mass is 19.1. The summed E-state index contributed by atoms with van der Waals surface area (Å²) in [5.74, 6) is -2.38. The molecular weight excluding hydrogens is 419 g/mol. The molecule has 0 amide bonds. The third-order valence-corrected chi connectivity index (χ3v) is 6.94. The third-order valence-electron chi connectivity index (χ3n) is 6.94. The van der Waals surface area contributed by atoms with Crippen molar-refractivity contribution in [2.45, 2.75) is 63.0 Å². The molecule has 172 valence electrons. The lowest BCUT2D eigenvalue weighted by Gasteiger charge is -2.29. The van der Waals surface area contributed by atoms with Gasteiger partial charge in [0.25, 0.3) is 0 Å². The Morgan fingerprint density at radius 1 is 1.19 bits per heavy atom. The van der Waals surface area contributed by atoms with E-state index < -0.39 is 29.3 Å². The number of hydrogen-bond donors (Lipinski definition) is 1. The summed E-state index contributed by atoms with van der Waals surface area (Å²) in [5, 5.41) is 9.37. The van der Waals surface area contributed by atoms with Crippen molar-refractivity contribution in [1.29, 1.82) is 0 Å². The van der Waals surface area contributed by atoms with E-state index in [2.05, 4.69) is 4.98 Å². The van der Waals surface area contributed by atoms with Crippen LogP contribution in [0.4, 0.5) is 13.2 Å². The number of ether oxygens (including phenoxy) is 1. The molecule has 4 nitrogen and oxygen atoms in total. The maximum absolute atomic E-state index is 15.0. The fourth-order valence-electron chi connectivity index (χ4n) is 4.98. The van der Waals surface area contributed by atoms with Crippen molar-refractivity contribution in [3.8, 4) is 5.75 Å². The second kappa shape index (κ2) is 9.12. The number of carboxylic acid groups (broad SMARTS) is 1. The molecule has 32 heavy (non-hydrogen) atoms. The summed E-state index contributed by atoms with van der Waals surface area (Å²) in [7, 11) is 0. The maximum atomic E-state index is 15.0. The predicted octanol–water partition coefficient (Wildman–Crippen LogP) is 6.02. The van der Waals surface area contributed by atoms with E-state index >= 15 is 0 Å². The molecule has 1 aromatic carbocycles. The zero-order chi connectivity index (χ0) is 22.9. The van der Waals surface area contributed by atoms with E-state index in [1.807, 2.05) is 0 Å². The fraction of sp³-hybridized carbons (Fsp3) is 0.520. The van der Waals surface area contributed by atoms with Crippen LogP contribution in [0.1, 0.15) is 68.4 Å². The van der Waals surface area contributed by atoms with E-state index in [4.69, 9.17) is 4.74 Å². The Labute approximate surface area is 185 Å². The zero-order valence-corrected chi connectivity index (χ0v) is 18.1. The summed E-state index contributed by atoms with van der Waals surface area (Å²) in [5.41, 5.74) is -1.29. The third kappa shape index (κ3) is 4.92. The van der Waals surface area contributed by atoms with Crippen LogP contribution in [0.3, 0.4) is 0 Å². The predicted molar refractivity (Wildman–Crippen MR) is 113 cm³/mol. The van der Waals surface area contributed by atoms with Crippen LogP contribution in [0, 0.1) is 23.6 Å². The second-order valence-electron chi connectivity index (χ2n) is 9.33. The number of hydrogen-bond acceptors (Lipinski definition) is 3. The first-order valence-electron chi connectivity index (χ1n) is 11.2. The molecule has 2 aromatic rings. The van der Waals surface area contributed by atoms with Crippen molar-refractivity contribution in [3.63, 3.8) is 0 Å². The van der Waals surface area contributed by atoms with Gasteiger partial charge < -0.3 is 9.84 Å². The lowest BCUT2D eigenvalue weighted by Crippen LogP contribution is -2.38. The smallest absolute Gasteiger partial charge is 0.341 e. The Hall–Kier alpha value is -2.57. The van der Waals surface area contributed by atoms with Crippen LogP contribution in [-0.2, 0) is 4.79 Å². The number of benzene rings is 1. The monoisotopic (exact) mass is 447 g/mol. The molecule has 2 aliphatic carbocycles. The molecule has 2 fully saturated rings. The molecule has 2 aliphatic rings. The van der Waals surface area contributed by atoms with Gasteiger partial charge in [0.2, 0.25) is 11.6 Å². The van der Waals surface area contributed by atoms with Gasteiger partial charge in [-0.05, 0) is 92.5 Å². The average Bonchev–Trinajstić information content (AvgIpc) is 3.59. The van der Waals surface area contributed by atoms with E-state index in [9.17, 15) is 23.1 Å². The zero-order valence-electron chi connectivity index (χ0n) is 18.1. The first-order valence-corrected chi connectivity index (χ1v) is 11.2. The molecule has 1 heterocycles. The lowest BCUT2D eigenvalue weighted by molar-refractivity contribution is -0.151. The number of alkyl halides is 1. The Balaban J connectivity index is 1.36. The topological polar surface area (TPSA) is 59.4 Å². The van der Waals surface area contributed by atoms with Crippen molar-refractivity contribution >= 4 is 5.97 Å². The first kappa shape index (κ1) is 22.6. The second-order valence-corrected chi connectivity index (χ2v) is 9.33. The number of aromatic nitrogens is 1. The standard InChI is InChI=1S/C25H28F3NO3/c1-25(28,24(30)31)23(17-9-10-17)18-3-2-4-19(11-18)32-14-15-5-7-16(8-6-15)20-12-22(27)29-13-21(20)26/h2-4,11-13,15-17,23H,5-10,14H2,1H3,(H,30,31)/t15?,16?,23-,25?/m1/s1. The summed E-state index contributed by atoms with van der Waals surface area (Å²) in [6, 6.07) is 8.28. The minimum atomic E-state index is -2.33. The van der Waals surface area contributed by atoms with E-state index in [-0.39, 0.29) is 17.8 Å². The Bertz CT molecular complexity index is 969. The molecule has 0 aliphatic heterocycles. The SMILES string of the molecule is CC(F)(C(=O)O)[C@@H](c1cccc(OCC2CCC(c3cc(F)ncc3F)CC2)c1)C1CC1. The molecule has 7 heteroatoms. The van der Waals surface area contributed by atoms with Gasteiger partial charge in [0.05, 0.1) is 12.8 Å². The number of pyridine rings is 1. The van der Waals surface area contributed by atoms with Gasteiger partial charge >= 0.3 is 5.97 Å². The van der Waals surface area contributed by atoms with Crippen LogP contribution < -0.4 is 4.74 Å². The van der Waals surface area contributed by atoms with Gasteiger partial charge in [0, 0.05) is 5.92 Å². The number of aliphatic carboxylic acids is 1. The minimum Gasteiger partial charge on any atom is -0.493 e. The molecule has 0 radical (unpaired) electrons. The Morgan fingerprint density at radius 3 is 2.56 bits per heavy atom. The van der Waals surface area contributed by atoms with Crippen molar-refractivity contribution in [2.24, 2.45) is 11.8 Å². The highest BCUT2D eigenvalue weighted by molar-refractivity contribution is 5.78. The quantitative estimate of drug-likeness (QED) is 0.503. The van der Waals surface area contributed by atoms with Crippen LogP contribution in [0.25, 0.3) is 0 Å². The highest BCUT2D eigenvalue weighted by Gasteiger charge is 2.50. The van der Waals surface area contributed by atoms with Crippen molar-refractivity contribution in [1.82, 2.24) is 4.98 Å². The fourth-order valence-corrected chi connectivity index (χ4v) is 4.98. The first-order chi connectivity index (χ1) is 15.3. The molecule has 2 saturated carbocycles. The lowest BCUT2D eigenvalue weighted by atomic mass is 9.79. The summed E-state index contributed by atoms with van der Waals surface area (Å²) in [4.78, 5) is 14.9.